The van der Waals surface area contributed by atoms with E-state index in [-0.39, 0.29) is 18.3 Å². The zero-order valence-corrected chi connectivity index (χ0v) is 11.9. The number of hydrogen-bond donors (Lipinski definition) is 2. The summed E-state index contributed by atoms with van der Waals surface area (Å²) in [4.78, 5) is 12.7. The average molecular weight is 281 g/mol. The third-order valence-corrected chi connectivity index (χ3v) is 4.21. The summed E-state index contributed by atoms with van der Waals surface area (Å²) in [5.41, 5.74) is -0.0533. The molecular formula is C14H16FNO2S. The number of benzene rings is 1. The van der Waals surface area contributed by atoms with E-state index in [0.29, 0.717) is 15.8 Å². The van der Waals surface area contributed by atoms with Gasteiger partial charge in [-0.3, -0.25) is 4.79 Å². The number of fused-ring (bicyclic) bond motifs is 1. The van der Waals surface area contributed by atoms with Crippen molar-refractivity contribution in [1.82, 2.24) is 5.32 Å². The summed E-state index contributed by atoms with van der Waals surface area (Å²) >= 11 is 1.26. The van der Waals surface area contributed by atoms with Crippen molar-refractivity contribution in [2.24, 2.45) is 0 Å². The average Bonchev–Trinajstić information content (AvgIpc) is 2.68. The van der Waals surface area contributed by atoms with Gasteiger partial charge in [-0.2, -0.15) is 0 Å². The number of aryl methyl sites for hydroxylation is 1. The summed E-state index contributed by atoms with van der Waals surface area (Å²) in [6, 6.07) is 4.82. The third kappa shape index (κ3) is 2.62. The van der Waals surface area contributed by atoms with Crippen molar-refractivity contribution in [3.05, 3.63) is 34.5 Å². The van der Waals surface area contributed by atoms with Crippen molar-refractivity contribution in [2.75, 3.05) is 6.61 Å². The number of thiophene rings is 1. The Labute approximate surface area is 115 Å². The molecule has 0 spiro atoms. The van der Waals surface area contributed by atoms with Crippen LogP contribution in [0.25, 0.3) is 10.1 Å². The van der Waals surface area contributed by atoms with Crippen LogP contribution in [0, 0.1) is 12.7 Å². The quantitative estimate of drug-likeness (QED) is 0.909. The van der Waals surface area contributed by atoms with Crippen LogP contribution < -0.4 is 5.32 Å². The Kier molecular flexibility index (Phi) is 3.60. The van der Waals surface area contributed by atoms with E-state index in [9.17, 15) is 14.3 Å². The van der Waals surface area contributed by atoms with Gasteiger partial charge in [0.05, 0.1) is 17.0 Å². The van der Waals surface area contributed by atoms with Crippen LogP contribution in [0.3, 0.4) is 0 Å². The topological polar surface area (TPSA) is 49.3 Å². The minimum atomic E-state index is -0.696. The molecule has 0 atom stereocenters. The second-order valence-corrected chi connectivity index (χ2v) is 6.22. The number of aliphatic hydroxyl groups excluding tert-OH is 1. The lowest BCUT2D eigenvalue weighted by Gasteiger charge is -2.23. The van der Waals surface area contributed by atoms with Gasteiger partial charge < -0.3 is 10.4 Å². The van der Waals surface area contributed by atoms with Crippen molar-refractivity contribution >= 4 is 27.3 Å². The minimum absolute atomic E-state index is 0.156. The van der Waals surface area contributed by atoms with Crippen LogP contribution in [-0.4, -0.2) is 23.2 Å². The Morgan fingerprint density at radius 2 is 2.16 bits per heavy atom. The van der Waals surface area contributed by atoms with E-state index < -0.39 is 5.54 Å². The Morgan fingerprint density at radius 1 is 1.47 bits per heavy atom. The van der Waals surface area contributed by atoms with E-state index in [1.165, 1.54) is 17.4 Å². The number of rotatable bonds is 3. The number of aliphatic hydroxyl groups is 1. The van der Waals surface area contributed by atoms with Gasteiger partial charge in [0.2, 0.25) is 0 Å². The lowest BCUT2D eigenvalue weighted by atomic mass is 10.1. The fraction of sp³-hybridized carbons (Fsp3) is 0.357. The lowest BCUT2D eigenvalue weighted by Crippen LogP contribution is -2.46. The maximum Gasteiger partial charge on any atom is 0.262 e. The van der Waals surface area contributed by atoms with Crippen LogP contribution in [0.15, 0.2) is 18.2 Å². The van der Waals surface area contributed by atoms with Gasteiger partial charge in [0.1, 0.15) is 5.82 Å². The summed E-state index contributed by atoms with van der Waals surface area (Å²) < 4.78 is 14.5. The zero-order chi connectivity index (χ0) is 14.2. The molecule has 5 heteroatoms. The van der Waals surface area contributed by atoms with Gasteiger partial charge in [-0.1, -0.05) is 6.07 Å². The fourth-order valence-electron chi connectivity index (χ4n) is 1.87. The molecule has 19 heavy (non-hydrogen) atoms. The lowest BCUT2D eigenvalue weighted by molar-refractivity contribution is 0.0873. The molecule has 2 aromatic rings. The Hall–Kier alpha value is -1.46. The van der Waals surface area contributed by atoms with E-state index in [2.05, 4.69) is 5.32 Å². The molecule has 0 saturated carbocycles. The SMILES string of the molecule is Cc1c(C(=O)NC(C)(C)CO)sc2cccc(F)c12. The van der Waals surface area contributed by atoms with Crippen LogP contribution in [0.1, 0.15) is 29.1 Å². The summed E-state index contributed by atoms with van der Waals surface area (Å²) in [6.07, 6.45) is 0. The van der Waals surface area contributed by atoms with E-state index in [1.54, 1.807) is 32.9 Å². The highest BCUT2D eigenvalue weighted by molar-refractivity contribution is 7.21. The molecule has 0 bridgehead atoms. The maximum absolute atomic E-state index is 13.8. The van der Waals surface area contributed by atoms with Gasteiger partial charge in [0.15, 0.2) is 0 Å². The van der Waals surface area contributed by atoms with Gasteiger partial charge in [-0.15, -0.1) is 11.3 Å². The van der Waals surface area contributed by atoms with Crippen LogP contribution >= 0.6 is 11.3 Å². The second kappa shape index (κ2) is 4.90. The number of hydrogen-bond acceptors (Lipinski definition) is 3. The molecule has 0 aliphatic carbocycles. The minimum Gasteiger partial charge on any atom is -0.394 e. The second-order valence-electron chi connectivity index (χ2n) is 5.17. The summed E-state index contributed by atoms with van der Waals surface area (Å²) in [6.45, 7) is 5.04. The van der Waals surface area contributed by atoms with Gasteiger partial charge in [-0.25, -0.2) is 4.39 Å². The number of halogens is 1. The molecule has 0 fully saturated rings. The van der Waals surface area contributed by atoms with Crippen molar-refractivity contribution in [3.63, 3.8) is 0 Å². The maximum atomic E-state index is 13.8. The highest BCUT2D eigenvalue weighted by Gasteiger charge is 2.23. The van der Waals surface area contributed by atoms with Crippen molar-refractivity contribution in [3.8, 4) is 0 Å². The Bertz CT molecular complexity index is 634. The smallest absolute Gasteiger partial charge is 0.262 e. The first-order chi connectivity index (χ1) is 8.85. The van der Waals surface area contributed by atoms with Crippen LogP contribution in [0.5, 0.6) is 0 Å². The molecular weight excluding hydrogens is 265 g/mol. The molecule has 2 rings (SSSR count). The van der Waals surface area contributed by atoms with Crippen molar-refractivity contribution < 1.29 is 14.3 Å². The van der Waals surface area contributed by atoms with Gasteiger partial charge in [-0.05, 0) is 38.5 Å². The summed E-state index contributed by atoms with van der Waals surface area (Å²) in [5.74, 6) is -0.594. The number of carbonyl (C=O) groups is 1. The number of amides is 1. The molecule has 1 aromatic heterocycles. The monoisotopic (exact) mass is 281 g/mol. The molecule has 1 aromatic carbocycles. The largest absolute Gasteiger partial charge is 0.394 e. The van der Waals surface area contributed by atoms with E-state index in [0.717, 1.165) is 4.70 Å². The number of nitrogens with one attached hydrogen (secondary N) is 1. The highest BCUT2D eigenvalue weighted by atomic mass is 32.1. The van der Waals surface area contributed by atoms with Gasteiger partial charge in [0.25, 0.3) is 5.91 Å². The Morgan fingerprint density at radius 3 is 2.74 bits per heavy atom. The Balaban J connectivity index is 2.44. The molecule has 2 N–H and O–H groups in total. The van der Waals surface area contributed by atoms with E-state index >= 15 is 0 Å². The first-order valence-electron chi connectivity index (χ1n) is 5.97. The standard InChI is InChI=1S/C14H16FNO2S/c1-8-11-9(15)5-4-6-10(11)19-12(8)13(18)16-14(2,3)7-17/h4-6,17H,7H2,1-3H3,(H,16,18). The van der Waals surface area contributed by atoms with Crippen molar-refractivity contribution in [1.29, 1.82) is 0 Å². The predicted octanol–water partition coefficient (Wildman–Crippen LogP) is 2.85. The molecule has 0 radical (unpaired) electrons. The zero-order valence-electron chi connectivity index (χ0n) is 11.1. The molecule has 0 aliphatic rings. The van der Waals surface area contributed by atoms with Crippen LogP contribution in [-0.2, 0) is 0 Å². The van der Waals surface area contributed by atoms with Crippen molar-refractivity contribution in [2.45, 2.75) is 26.3 Å². The fourth-order valence-corrected chi connectivity index (χ4v) is 2.99. The van der Waals surface area contributed by atoms with E-state index in [4.69, 9.17) is 0 Å². The summed E-state index contributed by atoms with van der Waals surface area (Å²) in [7, 11) is 0. The summed E-state index contributed by atoms with van der Waals surface area (Å²) in [5, 5.41) is 12.4. The first-order valence-corrected chi connectivity index (χ1v) is 6.78. The predicted molar refractivity (Wildman–Crippen MR) is 75.2 cm³/mol. The van der Waals surface area contributed by atoms with Crippen LogP contribution in [0.4, 0.5) is 4.39 Å². The molecule has 0 unspecified atom stereocenters. The highest BCUT2D eigenvalue weighted by Crippen LogP contribution is 2.32. The molecule has 0 aliphatic heterocycles. The van der Waals surface area contributed by atoms with Gasteiger partial charge in [0, 0.05) is 10.1 Å². The molecule has 3 nitrogen and oxygen atoms in total. The molecule has 0 saturated heterocycles. The van der Waals surface area contributed by atoms with Crippen LogP contribution in [0.2, 0.25) is 0 Å². The molecule has 1 heterocycles. The van der Waals surface area contributed by atoms with Gasteiger partial charge >= 0.3 is 0 Å². The molecule has 1 amide bonds. The van der Waals surface area contributed by atoms with E-state index in [1.807, 2.05) is 0 Å². The first kappa shape index (κ1) is 14.0. The third-order valence-electron chi connectivity index (χ3n) is 2.96. The normalized spacial score (nSPS) is 11.8. The molecule has 102 valence electrons. The number of carbonyl (C=O) groups excluding carboxylic acids is 1.